The summed E-state index contributed by atoms with van der Waals surface area (Å²) in [4.78, 5) is 45.6. The van der Waals surface area contributed by atoms with E-state index in [4.69, 9.17) is 24.8 Å². The fourth-order valence-corrected chi connectivity index (χ4v) is 6.26. The lowest BCUT2D eigenvalue weighted by atomic mass is 10.0. The van der Waals surface area contributed by atoms with Crippen LogP contribution in [-0.4, -0.2) is 59.9 Å². The average molecular weight is 722 g/mol. The highest BCUT2D eigenvalue weighted by Crippen LogP contribution is 2.43. The third-order valence-electron chi connectivity index (χ3n) is 8.61. The molecule has 0 bridgehead atoms. The number of phosphoric acid groups is 1. The van der Waals surface area contributed by atoms with Gasteiger partial charge in [-0.2, -0.15) is 0 Å². The summed E-state index contributed by atoms with van der Waals surface area (Å²) >= 11 is 0. The molecule has 11 nitrogen and oxygen atoms in total. The van der Waals surface area contributed by atoms with Gasteiger partial charge >= 0.3 is 25.7 Å². The van der Waals surface area contributed by atoms with Crippen molar-refractivity contribution >= 4 is 25.7 Å². The first kappa shape index (κ1) is 47.5. The van der Waals surface area contributed by atoms with Crippen LogP contribution in [0.1, 0.15) is 187 Å². The number of ether oxygens (including phenoxy) is 2. The zero-order chi connectivity index (χ0) is 36.4. The molecular weight excluding hydrogens is 649 g/mol. The smallest absolute Gasteiger partial charge is 0.472 e. The maximum absolute atomic E-state index is 12.5. The Kier molecular flexibility index (Phi) is 32.6. The number of unbranched alkanes of at least 4 members (excludes halogenated alkanes) is 23. The highest BCUT2D eigenvalue weighted by molar-refractivity contribution is 7.47. The first-order valence-corrected chi connectivity index (χ1v) is 21.1. The van der Waals surface area contributed by atoms with Crippen LogP contribution in [0.15, 0.2) is 0 Å². The van der Waals surface area contributed by atoms with Crippen molar-refractivity contribution in [2.75, 3.05) is 19.8 Å². The Labute approximate surface area is 297 Å². The lowest BCUT2D eigenvalue weighted by molar-refractivity contribution is -0.161. The minimum absolute atomic E-state index is 0.167. The van der Waals surface area contributed by atoms with Gasteiger partial charge in [-0.1, -0.05) is 162 Å². The predicted molar refractivity (Wildman–Crippen MR) is 194 cm³/mol. The summed E-state index contributed by atoms with van der Waals surface area (Å²) in [5, 5.41) is 8.85. The second-order valence-corrected chi connectivity index (χ2v) is 14.9. The van der Waals surface area contributed by atoms with Crippen LogP contribution in [0, 0.1) is 0 Å². The second kappa shape index (κ2) is 33.6. The number of phosphoric ester groups is 1. The van der Waals surface area contributed by atoms with Crippen LogP contribution < -0.4 is 5.73 Å². The highest BCUT2D eigenvalue weighted by Gasteiger charge is 2.28. The highest BCUT2D eigenvalue weighted by atomic mass is 31.2. The molecule has 12 heteroatoms. The zero-order valence-electron chi connectivity index (χ0n) is 31.1. The van der Waals surface area contributed by atoms with Crippen LogP contribution in [0.5, 0.6) is 0 Å². The van der Waals surface area contributed by atoms with Crippen molar-refractivity contribution in [2.45, 2.75) is 199 Å². The molecule has 0 heterocycles. The largest absolute Gasteiger partial charge is 0.480 e. The summed E-state index contributed by atoms with van der Waals surface area (Å²) in [7, 11) is -4.70. The van der Waals surface area contributed by atoms with Crippen LogP contribution in [0.2, 0.25) is 0 Å². The van der Waals surface area contributed by atoms with Crippen molar-refractivity contribution in [1.29, 1.82) is 0 Å². The van der Waals surface area contributed by atoms with Gasteiger partial charge in [0.05, 0.1) is 13.2 Å². The molecule has 0 amide bonds. The molecule has 0 radical (unpaired) electrons. The van der Waals surface area contributed by atoms with Crippen LogP contribution in [-0.2, 0) is 37.5 Å². The second-order valence-electron chi connectivity index (χ2n) is 13.4. The number of carbonyl (C=O) groups excluding carboxylic acids is 2. The van der Waals surface area contributed by atoms with Gasteiger partial charge in [0.2, 0.25) is 0 Å². The Morgan fingerprint density at radius 3 is 1.29 bits per heavy atom. The lowest BCUT2D eigenvalue weighted by Crippen LogP contribution is -2.34. The lowest BCUT2D eigenvalue weighted by Gasteiger charge is -2.20. The fraction of sp³-hybridized carbons (Fsp3) is 0.919. The van der Waals surface area contributed by atoms with E-state index in [0.717, 1.165) is 38.5 Å². The number of hydrogen-bond donors (Lipinski definition) is 3. The van der Waals surface area contributed by atoms with E-state index in [0.29, 0.717) is 12.8 Å². The quantitative estimate of drug-likeness (QED) is 0.0317. The molecule has 290 valence electrons. The van der Waals surface area contributed by atoms with Crippen LogP contribution in [0.25, 0.3) is 0 Å². The summed E-state index contributed by atoms with van der Waals surface area (Å²) in [6, 6.07) is -1.51. The van der Waals surface area contributed by atoms with E-state index in [1.165, 1.54) is 109 Å². The third kappa shape index (κ3) is 33.4. The minimum Gasteiger partial charge on any atom is -0.480 e. The molecule has 0 fully saturated rings. The van der Waals surface area contributed by atoms with Crippen molar-refractivity contribution in [3.63, 3.8) is 0 Å². The number of hydrogen-bond acceptors (Lipinski definition) is 9. The number of carbonyl (C=O) groups is 3. The van der Waals surface area contributed by atoms with Gasteiger partial charge < -0.3 is 25.2 Å². The van der Waals surface area contributed by atoms with Crippen molar-refractivity contribution < 1.29 is 47.5 Å². The molecule has 0 saturated heterocycles. The number of nitrogens with two attached hydrogens (primary N) is 1. The molecule has 0 aromatic rings. The molecule has 0 spiro atoms. The first-order valence-electron chi connectivity index (χ1n) is 19.6. The molecule has 0 aliphatic carbocycles. The molecule has 0 saturated carbocycles. The number of rotatable bonds is 37. The van der Waals surface area contributed by atoms with Gasteiger partial charge in [-0.05, 0) is 12.8 Å². The van der Waals surface area contributed by atoms with Gasteiger partial charge in [-0.25, -0.2) is 4.57 Å². The summed E-state index contributed by atoms with van der Waals surface area (Å²) in [5.74, 6) is -2.37. The van der Waals surface area contributed by atoms with E-state index in [1.807, 2.05) is 0 Å². The molecule has 0 aliphatic rings. The van der Waals surface area contributed by atoms with Gasteiger partial charge in [-0.3, -0.25) is 23.4 Å². The third-order valence-corrected chi connectivity index (χ3v) is 9.56. The van der Waals surface area contributed by atoms with E-state index in [2.05, 4.69) is 18.4 Å². The van der Waals surface area contributed by atoms with Crippen molar-refractivity contribution in [3.8, 4) is 0 Å². The Balaban J connectivity index is 4.32. The molecular formula is C37H72NO10P. The Morgan fingerprint density at radius 2 is 0.898 bits per heavy atom. The molecule has 0 rings (SSSR count). The van der Waals surface area contributed by atoms with Crippen LogP contribution in [0.3, 0.4) is 0 Å². The minimum atomic E-state index is -4.70. The molecule has 0 aliphatic heterocycles. The summed E-state index contributed by atoms with van der Waals surface area (Å²) in [6.07, 6.45) is 29.0. The van der Waals surface area contributed by atoms with Crippen LogP contribution >= 0.6 is 7.82 Å². The van der Waals surface area contributed by atoms with Crippen molar-refractivity contribution in [2.24, 2.45) is 5.73 Å². The SMILES string of the molecule is CCCCCCCCCCCCCCCCCCC(=O)OC[C@@H](COP(=O)(O)OC[C@@H](N)C(=O)O)OC(=O)CCCCCCCCCCC. The molecule has 1 unspecified atom stereocenters. The topological polar surface area (TPSA) is 172 Å². The zero-order valence-corrected chi connectivity index (χ0v) is 31.9. The monoisotopic (exact) mass is 721 g/mol. The van der Waals surface area contributed by atoms with E-state index in [9.17, 15) is 23.8 Å². The maximum atomic E-state index is 12.5. The number of carboxylic acid groups (broad SMARTS) is 1. The van der Waals surface area contributed by atoms with Crippen LogP contribution in [0.4, 0.5) is 0 Å². The number of aliphatic carboxylic acids is 1. The summed E-state index contributed by atoms with van der Waals surface area (Å²) in [6.45, 7) is 2.78. The summed E-state index contributed by atoms with van der Waals surface area (Å²) < 4.78 is 32.5. The van der Waals surface area contributed by atoms with Gasteiger partial charge in [-0.15, -0.1) is 0 Å². The van der Waals surface area contributed by atoms with E-state index in [1.54, 1.807) is 0 Å². The molecule has 3 atom stereocenters. The normalized spacial score (nSPS) is 13.9. The van der Waals surface area contributed by atoms with E-state index >= 15 is 0 Å². The van der Waals surface area contributed by atoms with Gasteiger partial charge in [0, 0.05) is 12.8 Å². The molecule has 49 heavy (non-hydrogen) atoms. The summed E-state index contributed by atoms with van der Waals surface area (Å²) in [5.41, 5.74) is 5.31. The number of carboxylic acids is 1. The molecule has 4 N–H and O–H groups in total. The standard InChI is InChI=1S/C37H72NO10P/c1-3-5-7-9-11-13-14-15-16-17-18-19-21-22-24-26-28-35(39)45-30-33(31-46-49(43,44)47-32-34(38)37(41)42)48-36(40)29-27-25-23-20-12-10-8-6-4-2/h33-34H,3-32,38H2,1-2H3,(H,41,42)(H,43,44)/t33-,34+/m0/s1. The van der Waals surface area contributed by atoms with E-state index < -0.39 is 51.1 Å². The van der Waals surface area contributed by atoms with Gasteiger partial charge in [0.1, 0.15) is 12.6 Å². The first-order chi connectivity index (χ1) is 23.6. The fourth-order valence-electron chi connectivity index (χ4n) is 5.48. The van der Waals surface area contributed by atoms with Gasteiger partial charge in [0.25, 0.3) is 0 Å². The maximum Gasteiger partial charge on any atom is 0.472 e. The molecule has 0 aromatic heterocycles. The number of esters is 2. The Hall–Kier alpha value is -1.52. The molecule has 0 aromatic carbocycles. The van der Waals surface area contributed by atoms with Crippen molar-refractivity contribution in [1.82, 2.24) is 0 Å². The predicted octanol–water partition coefficient (Wildman–Crippen LogP) is 9.56. The van der Waals surface area contributed by atoms with Gasteiger partial charge in [0.15, 0.2) is 6.10 Å². The van der Waals surface area contributed by atoms with Crippen molar-refractivity contribution in [3.05, 3.63) is 0 Å². The Bertz CT molecular complexity index is 859. The van der Waals surface area contributed by atoms with E-state index in [-0.39, 0.29) is 19.4 Å². The average Bonchev–Trinajstić information content (AvgIpc) is 3.07. The Morgan fingerprint density at radius 1 is 0.551 bits per heavy atom.